The Balaban J connectivity index is 1.50. The van der Waals surface area contributed by atoms with Crippen molar-refractivity contribution in [1.29, 1.82) is 0 Å². The average molecular weight is 386 g/mol. The molecular weight excluding hydrogens is 362 g/mol. The Morgan fingerprint density at radius 3 is 2.30 bits per heavy atom. The molecule has 0 saturated carbocycles. The Bertz CT molecular complexity index is 799. The first kappa shape index (κ1) is 19.2. The SMILES string of the molecule is CC1CCN(c2ccc(NC(=O)CC(=O)Nc3ccccc3Cl)cc2)CC1. The van der Waals surface area contributed by atoms with E-state index >= 15 is 0 Å². The van der Waals surface area contributed by atoms with Gasteiger partial charge in [0.2, 0.25) is 11.8 Å². The van der Waals surface area contributed by atoms with E-state index in [1.165, 1.54) is 12.8 Å². The van der Waals surface area contributed by atoms with Crippen LogP contribution in [0, 0.1) is 5.92 Å². The molecule has 1 aliphatic heterocycles. The number of nitrogens with one attached hydrogen (secondary N) is 2. The minimum absolute atomic E-state index is 0.267. The van der Waals surface area contributed by atoms with Gasteiger partial charge in [-0.05, 0) is 55.2 Å². The van der Waals surface area contributed by atoms with Crippen LogP contribution in [0.5, 0.6) is 0 Å². The summed E-state index contributed by atoms with van der Waals surface area (Å²) in [5.41, 5.74) is 2.34. The number of hydrogen-bond donors (Lipinski definition) is 2. The van der Waals surface area contributed by atoms with Crippen LogP contribution in [0.2, 0.25) is 5.02 Å². The first-order valence-electron chi connectivity index (χ1n) is 9.20. The molecule has 0 aromatic heterocycles. The van der Waals surface area contributed by atoms with Gasteiger partial charge in [-0.25, -0.2) is 0 Å². The van der Waals surface area contributed by atoms with Gasteiger partial charge in [0, 0.05) is 24.5 Å². The highest BCUT2D eigenvalue weighted by Crippen LogP contribution is 2.24. The van der Waals surface area contributed by atoms with E-state index in [0.717, 1.165) is 24.7 Å². The largest absolute Gasteiger partial charge is 0.372 e. The molecule has 1 saturated heterocycles. The molecule has 2 amide bonds. The Kier molecular flexibility index (Phi) is 6.35. The van der Waals surface area contributed by atoms with Crippen molar-refractivity contribution in [2.24, 2.45) is 5.92 Å². The van der Waals surface area contributed by atoms with Crippen LogP contribution in [0.1, 0.15) is 26.2 Å². The van der Waals surface area contributed by atoms with Crippen LogP contribution in [0.3, 0.4) is 0 Å². The first-order valence-corrected chi connectivity index (χ1v) is 9.58. The van der Waals surface area contributed by atoms with E-state index in [4.69, 9.17) is 11.6 Å². The molecule has 0 radical (unpaired) electrons. The van der Waals surface area contributed by atoms with Gasteiger partial charge in [0.1, 0.15) is 6.42 Å². The van der Waals surface area contributed by atoms with E-state index in [1.54, 1.807) is 24.3 Å². The van der Waals surface area contributed by atoms with E-state index in [2.05, 4.69) is 22.5 Å². The van der Waals surface area contributed by atoms with Crippen LogP contribution >= 0.6 is 11.6 Å². The van der Waals surface area contributed by atoms with Crippen molar-refractivity contribution in [3.8, 4) is 0 Å². The Labute approximate surface area is 164 Å². The average Bonchev–Trinajstić information content (AvgIpc) is 2.65. The zero-order valence-corrected chi connectivity index (χ0v) is 16.1. The third kappa shape index (κ3) is 5.47. The highest BCUT2D eigenvalue weighted by atomic mass is 35.5. The van der Waals surface area contributed by atoms with Gasteiger partial charge in [-0.2, -0.15) is 0 Å². The van der Waals surface area contributed by atoms with Crippen molar-refractivity contribution in [3.63, 3.8) is 0 Å². The second-order valence-electron chi connectivity index (χ2n) is 6.97. The van der Waals surface area contributed by atoms with Gasteiger partial charge in [0.05, 0.1) is 10.7 Å². The quantitative estimate of drug-likeness (QED) is 0.742. The van der Waals surface area contributed by atoms with Crippen LogP contribution in [0.4, 0.5) is 17.1 Å². The summed E-state index contributed by atoms with van der Waals surface area (Å²) < 4.78 is 0. The molecule has 1 fully saturated rings. The molecule has 0 unspecified atom stereocenters. The lowest BCUT2D eigenvalue weighted by atomic mass is 9.99. The molecule has 0 spiro atoms. The molecule has 6 heteroatoms. The minimum atomic E-state index is -0.403. The van der Waals surface area contributed by atoms with Crippen molar-refractivity contribution in [3.05, 3.63) is 53.6 Å². The summed E-state index contributed by atoms with van der Waals surface area (Å²) in [4.78, 5) is 26.5. The Hall–Kier alpha value is -2.53. The van der Waals surface area contributed by atoms with Gasteiger partial charge in [-0.3, -0.25) is 9.59 Å². The summed E-state index contributed by atoms with van der Waals surface area (Å²) >= 11 is 6.00. The second-order valence-corrected chi connectivity index (χ2v) is 7.38. The molecule has 1 heterocycles. The van der Waals surface area contributed by atoms with Crippen LogP contribution in [0.15, 0.2) is 48.5 Å². The van der Waals surface area contributed by atoms with Crippen LogP contribution in [0.25, 0.3) is 0 Å². The molecule has 0 aliphatic carbocycles. The number of carbonyl (C=O) groups is 2. The molecule has 0 atom stereocenters. The molecule has 142 valence electrons. The molecule has 1 aliphatic rings. The highest BCUT2D eigenvalue weighted by molar-refractivity contribution is 6.33. The highest BCUT2D eigenvalue weighted by Gasteiger charge is 2.16. The maximum absolute atomic E-state index is 12.1. The Morgan fingerprint density at radius 2 is 1.63 bits per heavy atom. The predicted octanol–water partition coefficient (Wildman–Crippen LogP) is 4.54. The molecule has 5 nitrogen and oxygen atoms in total. The van der Waals surface area contributed by atoms with Crippen LogP contribution < -0.4 is 15.5 Å². The number of benzene rings is 2. The number of nitrogens with zero attached hydrogens (tertiary/aromatic N) is 1. The molecule has 3 rings (SSSR count). The number of rotatable bonds is 5. The van der Waals surface area contributed by atoms with Crippen molar-refractivity contribution in [2.75, 3.05) is 28.6 Å². The fourth-order valence-electron chi connectivity index (χ4n) is 3.13. The molecule has 27 heavy (non-hydrogen) atoms. The fourth-order valence-corrected chi connectivity index (χ4v) is 3.31. The topological polar surface area (TPSA) is 61.4 Å². The monoisotopic (exact) mass is 385 g/mol. The number of anilines is 3. The fraction of sp³-hybridized carbons (Fsp3) is 0.333. The summed E-state index contributed by atoms with van der Waals surface area (Å²) in [6, 6.07) is 14.7. The summed E-state index contributed by atoms with van der Waals surface area (Å²) in [6.07, 6.45) is 2.15. The van der Waals surface area contributed by atoms with E-state index < -0.39 is 5.91 Å². The van der Waals surface area contributed by atoms with Crippen molar-refractivity contribution in [2.45, 2.75) is 26.2 Å². The van der Waals surface area contributed by atoms with Crippen molar-refractivity contribution < 1.29 is 9.59 Å². The maximum atomic E-state index is 12.1. The van der Waals surface area contributed by atoms with Crippen LogP contribution in [-0.4, -0.2) is 24.9 Å². The number of halogens is 1. The molecule has 2 aromatic carbocycles. The normalized spacial score (nSPS) is 14.7. The van der Waals surface area contributed by atoms with E-state index in [-0.39, 0.29) is 12.3 Å². The Morgan fingerprint density at radius 1 is 1.00 bits per heavy atom. The summed E-state index contributed by atoms with van der Waals surface area (Å²) in [7, 11) is 0. The molecule has 2 aromatic rings. The third-order valence-corrected chi connectivity index (χ3v) is 5.10. The zero-order chi connectivity index (χ0) is 19.2. The van der Waals surface area contributed by atoms with Crippen molar-refractivity contribution >= 4 is 40.5 Å². The van der Waals surface area contributed by atoms with Crippen LogP contribution in [-0.2, 0) is 9.59 Å². The number of para-hydroxylation sites is 1. The number of amides is 2. The van der Waals surface area contributed by atoms with Gasteiger partial charge in [-0.1, -0.05) is 30.7 Å². The van der Waals surface area contributed by atoms with Gasteiger partial charge in [0.15, 0.2) is 0 Å². The van der Waals surface area contributed by atoms with E-state index in [9.17, 15) is 9.59 Å². The lowest BCUT2D eigenvalue weighted by Gasteiger charge is -2.32. The second kappa shape index (κ2) is 8.91. The van der Waals surface area contributed by atoms with Crippen molar-refractivity contribution in [1.82, 2.24) is 0 Å². The standard InChI is InChI=1S/C21H24ClN3O2/c1-15-10-12-25(13-11-15)17-8-6-16(7-9-17)23-20(26)14-21(27)24-19-5-3-2-4-18(19)22/h2-9,15H,10-14H2,1H3,(H,23,26)(H,24,27). The minimum Gasteiger partial charge on any atom is -0.372 e. The van der Waals surface area contributed by atoms with Gasteiger partial charge < -0.3 is 15.5 Å². The smallest absolute Gasteiger partial charge is 0.233 e. The summed E-state index contributed by atoms with van der Waals surface area (Å²) in [5.74, 6) is 0.0236. The third-order valence-electron chi connectivity index (χ3n) is 4.77. The molecule has 2 N–H and O–H groups in total. The number of piperidine rings is 1. The summed E-state index contributed by atoms with van der Waals surface area (Å²) in [5, 5.41) is 5.84. The van der Waals surface area contributed by atoms with Gasteiger partial charge in [-0.15, -0.1) is 0 Å². The van der Waals surface area contributed by atoms with E-state index in [1.807, 2.05) is 24.3 Å². The van der Waals surface area contributed by atoms with Gasteiger partial charge in [0.25, 0.3) is 0 Å². The lowest BCUT2D eigenvalue weighted by Crippen LogP contribution is -2.32. The number of hydrogen-bond acceptors (Lipinski definition) is 3. The van der Waals surface area contributed by atoms with E-state index in [0.29, 0.717) is 16.4 Å². The molecule has 0 bridgehead atoms. The lowest BCUT2D eigenvalue weighted by molar-refractivity contribution is -0.123. The molecular formula is C21H24ClN3O2. The first-order chi connectivity index (χ1) is 13.0. The zero-order valence-electron chi connectivity index (χ0n) is 15.4. The number of carbonyl (C=O) groups excluding carboxylic acids is 2. The summed E-state index contributed by atoms with van der Waals surface area (Å²) in [6.45, 7) is 4.42. The predicted molar refractivity (Wildman–Crippen MR) is 110 cm³/mol. The van der Waals surface area contributed by atoms with Gasteiger partial charge >= 0.3 is 0 Å². The maximum Gasteiger partial charge on any atom is 0.233 e.